The summed E-state index contributed by atoms with van der Waals surface area (Å²) < 4.78 is 44.2. The third-order valence-corrected chi connectivity index (χ3v) is 8.04. The van der Waals surface area contributed by atoms with E-state index in [1.165, 1.54) is 49.3 Å². The van der Waals surface area contributed by atoms with E-state index in [4.69, 9.17) is 11.6 Å². The van der Waals surface area contributed by atoms with Crippen LogP contribution in [0, 0.1) is 18.3 Å². The minimum atomic E-state index is -4.37. The number of aryl methyl sites for hydroxylation is 1. The number of fused-ring (bicyclic) bond motifs is 1. The first-order valence-corrected chi connectivity index (χ1v) is 14.9. The molecule has 0 radical (unpaired) electrons. The summed E-state index contributed by atoms with van der Waals surface area (Å²) in [5, 5.41) is 19.4. The van der Waals surface area contributed by atoms with E-state index in [2.05, 4.69) is 41.4 Å². The number of thiophene rings is 1. The molecule has 16 heteroatoms. The molecule has 5 rings (SSSR count). The molecular weight excluding hydrogens is 713 g/mol. The fraction of sp³-hybridized carbons (Fsp3) is 0.133. The number of hydrogen-bond acceptors (Lipinski definition) is 8. The minimum absolute atomic E-state index is 0.157. The molecule has 236 valence electrons. The lowest BCUT2D eigenvalue weighted by Gasteiger charge is -2.14. The van der Waals surface area contributed by atoms with Crippen LogP contribution in [0.2, 0.25) is 5.02 Å². The van der Waals surface area contributed by atoms with Crippen LogP contribution >= 0.6 is 38.9 Å². The second-order valence-electron chi connectivity index (χ2n) is 9.29. The zero-order valence-electron chi connectivity index (χ0n) is 24.0. The molecule has 10 nitrogen and oxygen atoms in total. The van der Waals surface area contributed by atoms with Crippen LogP contribution in [0.1, 0.15) is 47.2 Å². The topological polar surface area (TPSA) is 139 Å². The van der Waals surface area contributed by atoms with E-state index in [1.54, 1.807) is 25.1 Å². The van der Waals surface area contributed by atoms with Gasteiger partial charge < -0.3 is 15.4 Å². The highest BCUT2D eigenvalue weighted by molar-refractivity contribution is 9.10. The number of nitrogens with one attached hydrogen (secondary N) is 2. The predicted molar refractivity (Wildman–Crippen MR) is 169 cm³/mol. The minimum Gasteiger partial charge on any atom is -0.465 e. The van der Waals surface area contributed by atoms with Crippen molar-refractivity contribution in [3.8, 4) is 11.9 Å². The quantitative estimate of drug-likeness (QED) is 0.183. The summed E-state index contributed by atoms with van der Waals surface area (Å²) in [4.78, 5) is 41.0. The third-order valence-electron chi connectivity index (χ3n) is 6.26. The van der Waals surface area contributed by atoms with Crippen LogP contribution in [-0.4, -0.2) is 46.7 Å². The van der Waals surface area contributed by atoms with Crippen molar-refractivity contribution in [1.82, 2.24) is 20.1 Å². The molecule has 0 aliphatic rings. The number of nitriles is 1. The van der Waals surface area contributed by atoms with Gasteiger partial charge in [-0.1, -0.05) is 11.6 Å². The summed E-state index contributed by atoms with van der Waals surface area (Å²) in [6.07, 6.45) is -2.84. The molecular formula is C30H21BrClF3N6O4S. The molecule has 0 unspecified atom stereocenters. The molecule has 2 N–H and O–H groups in total. The number of pyridine rings is 1. The number of benzene rings is 2. The van der Waals surface area contributed by atoms with Crippen LogP contribution in [-0.2, 0) is 10.9 Å². The first-order valence-electron chi connectivity index (χ1n) is 12.9. The van der Waals surface area contributed by atoms with Gasteiger partial charge in [0.05, 0.1) is 40.6 Å². The summed E-state index contributed by atoms with van der Waals surface area (Å²) in [6.45, 7) is 1.70. The van der Waals surface area contributed by atoms with Crippen LogP contribution in [0.5, 0.6) is 0 Å². The normalized spacial score (nSPS) is 10.8. The number of anilines is 1. The van der Waals surface area contributed by atoms with Gasteiger partial charge in [0, 0.05) is 24.0 Å². The summed E-state index contributed by atoms with van der Waals surface area (Å²) in [6, 6.07) is 14.6. The molecule has 3 heterocycles. The number of halogens is 5. The Labute approximate surface area is 276 Å². The highest BCUT2D eigenvalue weighted by atomic mass is 79.9. The van der Waals surface area contributed by atoms with Gasteiger partial charge in [-0.25, -0.2) is 14.5 Å². The van der Waals surface area contributed by atoms with Crippen LogP contribution in [0.4, 0.5) is 18.9 Å². The summed E-state index contributed by atoms with van der Waals surface area (Å²) in [7, 11) is 2.70. The highest BCUT2D eigenvalue weighted by Gasteiger charge is 2.30. The maximum absolute atomic E-state index is 13.0. The van der Waals surface area contributed by atoms with Crippen molar-refractivity contribution in [2.24, 2.45) is 0 Å². The van der Waals surface area contributed by atoms with Crippen LogP contribution < -0.4 is 10.6 Å². The number of esters is 1. The number of alkyl halides is 3. The predicted octanol–water partition coefficient (Wildman–Crippen LogP) is 7.18. The number of nitrogens with zero attached hydrogens (tertiary/aromatic N) is 4. The molecule has 0 saturated heterocycles. The first kappa shape index (κ1) is 34.1. The van der Waals surface area contributed by atoms with Gasteiger partial charge in [-0.3, -0.25) is 9.59 Å². The SMILES string of the molecule is CNC(=O)c1cc(C#N)cc(C)c1NC(=O)c1cc(Br)nn1-c1ncccc1Cl.COC(=O)c1cc2cc(C(F)(F)F)ccc2s1. The Kier molecular flexibility index (Phi) is 10.5. The van der Waals surface area contributed by atoms with Gasteiger partial charge in [0.15, 0.2) is 5.82 Å². The van der Waals surface area contributed by atoms with Gasteiger partial charge >= 0.3 is 12.1 Å². The number of amides is 2. The highest BCUT2D eigenvalue weighted by Crippen LogP contribution is 2.34. The zero-order chi connectivity index (χ0) is 33.8. The molecule has 0 aliphatic carbocycles. The van der Waals surface area contributed by atoms with E-state index in [-0.39, 0.29) is 17.1 Å². The van der Waals surface area contributed by atoms with E-state index in [1.807, 2.05) is 6.07 Å². The second kappa shape index (κ2) is 14.1. The number of hydrogen-bond donors (Lipinski definition) is 2. The average molecular weight is 734 g/mol. The van der Waals surface area contributed by atoms with E-state index in [0.29, 0.717) is 41.4 Å². The van der Waals surface area contributed by atoms with Crippen molar-refractivity contribution in [2.75, 3.05) is 19.5 Å². The van der Waals surface area contributed by atoms with Gasteiger partial charge in [0.1, 0.15) is 15.2 Å². The Morgan fingerprint density at radius 2 is 1.85 bits per heavy atom. The number of methoxy groups -OCH3 is 1. The zero-order valence-corrected chi connectivity index (χ0v) is 27.2. The molecule has 0 atom stereocenters. The maximum Gasteiger partial charge on any atom is 0.416 e. The molecule has 2 amide bonds. The summed E-state index contributed by atoms with van der Waals surface area (Å²) in [5.41, 5.74) is 0.787. The number of aromatic nitrogens is 3. The second-order valence-corrected chi connectivity index (χ2v) is 11.6. The molecule has 0 fully saturated rings. The molecule has 0 spiro atoms. The number of carbonyl (C=O) groups is 3. The van der Waals surface area contributed by atoms with Gasteiger partial charge in [-0.2, -0.15) is 23.5 Å². The molecule has 5 aromatic rings. The van der Waals surface area contributed by atoms with Gasteiger partial charge in [-0.05, 0) is 82.3 Å². The van der Waals surface area contributed by atoms with Crippen molar-refractivity contribution in [1.29, 1.82) is 5.26 Å². The Morgan fingerprint density at radius 1 is 1.11 bits per heavy atom. The summed E-state index contributed by atoms with van der Waals surface area (Å²) in [5.74, 6) is -1.21. The fourth-order valence-electron chi connectivity index (χ4n) is 4.14. The number of ether oxygens (including phenoxy) is 1. The Bertz CT molecular complexity index is 2020. The molecule has 0 aliphatic heterocycles. The van der Waals surface area contributed by atoms with Crippen molar-refractivity contribution in [3.63, 3.8) is 0 Å². The lowest BCUT2D eigenvalue weighted by atomic mass is 10.0. The smallest absolute Gasteiger partial charge is 0.416 e. The van der Waals surface area contributed by atoms with Crippen molar-refractivity contribution < 1.29 is 32.3 Å². The van der Waals surface area contributed by atoms with Crippen molar-refractivity contribution in [3.05, 3.63) is 103 Å². The Hall–Kier alpha value is -4.78. The first-order chi connectivity index (χ1) is 21.8. The van der Waals surface area contributed by atoms with E-state index in [0.717, 1.165) is 23.5 Å². The molecule has 46 heavy (non-hydrogen) atoms. The monoisotopic (exact) mass is 732 g/mol. The Balaban J connectivity index is 0.000000240. The van der Waals surface area contributed by atoms with E-state index >= 15 is 0 Å². The maximum atomic E-state index is 13.0. The van der Waals surface area contributed by atoms with Gasteiger partial charge in [0.2, 0.25) is 0 Å². The number of rotatable bonds is 5. The van der Waals surface area contributed by atoms with Crippen LogP contribution in [0.25, 0.3) is 15.9 Å². The van der Waals surface area contributed by atoms with E-state index < -0.39 is 29.5 Å². The molecule has 0 saturated carbocycles. The van der Waals surface area contributed by atoms with Gasteiger partial charge in [0.25, 0.3) is 11.8 Å². The standard InChI is InChI=1S/C19H14BrClN6O2.C11H7F3O2S/c1-10-6-11(9-22)7-12(18(28)23-2)16(10)25-19(29)14-8-15(20)26-27(14)17-13(21)4-3-5-24-17;1-16-10(15)9-5-6-4-7(11(12,13)14)2-3-8(6)17-9/h3-8H,1-2H3,(H,23,28)(H,25,29);2-5H,1H3. The molecule has 2 aromatic carbocycles. The van der Waals surface area contributed by atoms with Crippen molar-refractivity contribution >= 4 is 72.4 Å². The Morgan fingerprint density at radius 3 is 2.48 bits per heavy atom. The summed E-state index contributed by atoms with van der Waals surface area (Å²) >= 11 is 10.6. The van der Waals surface area contributed by atoms with E-state index in [9.17, 15) is 32.8 Å². The van der Waals surface area contributed by atoms with Crippen molar-refractivity contribution in [2.45, 2.75) is 13.1 Å². The lowest BCUT2D eigenvalue weighted by Crippen LogP contribution is -2.24. The number of carbonyl (C=O) groups excluding carboxylic acids is 3. The average Bonchev–Trinajstić information content (AvgIpc) is 3.64. The van der Waals surface area contributed by atoms with Crippen LogP contribution in [0.3, 0.4) is 0 Å². The fourth-order valence-corrected chi connectivity index (χ4v) is 5.68. The molecule has 0 bridgehead atoms. The van der Waals surface area contributed by atoms with Crippen LogP contribution in [0.15, 0.2) is 65.4 Å². The van der Waals surface area contributed by atoms with Gasteiger partial charge in [-0.15, -0.1) is 11.3 Å². The lowest BCUT2D eigenvalue weighted by molar-refractivity contribution is -0.137. The molecule has 3 aromatic heterocycles. The largest absolute Gasteiger partial charge is 0.465 e. The third kappa shape index (κ3) is 7.53.